The maximum atomic E-state index is 13.9. The number of alkyl halides is 6. The number of carbonyl (C=O) groups is 3. The van der Waals surface area contributed by atoms with E-state index in [2.05, 4.69) is 25.9 Å². The number of anilines is 2. The standard InChI is InChI=1S/C30H38F6N8O4/c31-29(32,33)20-3-1-18(2-4-20)5-10-38-26(47)22-15-21(37)17-44(22)24-16-23(41-27(42-24)30(34,35)36)43-13-8-19(9-14-43)6-11-39-28(48)40-12-7-25(45)46/h1-4,16,19,21-22H,5-15,17,37H2,(H,38,47)(H,45,46)(H2,39,40,48)/t21-,22+/m1/s1. The van der Waals surface area contributed by atoms with Crippen LogP contribution in [0.25, 0.3) is 0 Å². The molecule has 18 heteroatoms. The molecule has 4 rings (SSSR count). The summed E-state index contributed by atoms with van der Waals surface area (Å²) >= 11 is 0. The van der Waals surface area contributed by atoms with Crippen LogP contribution in [0.4, 0.5) is 42.8 Å². The van der Waals surface area contributed by atoms with E-state index < -0.39 is 53.7 Å². The van der Waals surface area contributed by atoms with Crippen LogP contribution in [0.3, 0.4) is 0 Å². The number of urea groups is 1. The van der Waals surface area contributed by atoms with Gasteiger partial charge in [-0.3, -0.25) is 9.59 Å². The predicted molar refractivity (Wildman–Crippen MR) is 162 cm³/mol. The summed E-state index contributed by atoms with van der Waals surface area (Å²) in [7, 11) is 0. The quantitative estimate of drug-likeness (QED) is 0.211. The van der Waals surface area contributed by atoms with Crippen molar-refractivity contribution in [3.63, 3.8) is 0 Å². The maximum absolute atomic E-state index is 13.9. The molecule has 48 heavy (non-hydrogen) atoms. The van der Waals surface area contributed by atoms with Crippen LogP contribution in [0.2, 0.25) is 0 Å². The number of hydrogen-bond acceptors (Lipinski definition) is 8. The monoisotopic (exact) mass is 688 g/mol. The summed E-state index contributed by atoms with van der Waals surface area (Å²) in [5, 5.41) is 16.5. The molecular formula is C30H38F6N8O4. The molecule has 6 N–H and O–H groups in total. The number of carboxylic acids is 1. The Balaban J connectivity index is 1.36. The molecule has 1 aromatic carbocycles. The van der Waals surface area contributed by atoms with E-state index in [4.69, 9.17) is 10.8 Å². The van der Waals surface area contributed by atoms with Gasteiger partial charge < -0.3 is 36.6 Å². The van der Waals surface area contributed by atoms with Gasteiger partial charge in [0.1, 0.15) is 17.7 Å². The number of carboxylic acid groups (broad SMARTS) is 1. The molecular weight excluding hydrogens is 650 g/mol. The fourth-order valence-corrected chi connectivity index (χ4v) is 5.72. The Morgan fingerprint density at radius 2 is 1.54 bits per heavy atom. The summed E-state index contributed by atoms with van der Waals surface area (Å²) in [6.45, 7) is 1.31. The van der Waals surface area contributed by atoms with E-state index in [0.29, 0.717) is 44.5 Å². The number of piperidine rings is 1. The van der Waals surface area contributed by atoms with Gasteiger partial charge in [-0.25, -0.2) is 14.8 Å². The first kappa shape index (κ1) is 36.5. The number of benzene rings is 1. The number of hydrogen-bond donors (Lipinski definition) is 5. The summed E-state index contributed by atoms with van der Waals surface area (Å²) in [6.07, 6.45) is -7.24. The SMILES string of the molecule is N[C@@H]1C[C@@H](C(=O)NCCc2ccc(C(F)(F)F)cc2)N(c2cc(N3CCC(CCNC(=O)NCCC(=O)O)CC3)nc(C(F)(F)F)n2)C1. The molecule has 3 heterocycles. The Labute approximate surface area is 272 Å². The zero-order valence-corrected chi connectivity index (χ0v) is 25.9. The Hall–Kier alpha value is -4.35. The average Bonchev–Trinajstić information content (AvgIpc) is 3.42. The van der Waals surface area contributed by atoms with E-state index in [9.17, 15) is 40.7 Å². The second-order valence-electron chi connectivity index (χ2n) is 11.9. The van der Waals surface area contributed by atoms with E-state index in [1.54, 1.807) is 4.90 Å². The molecule has 264 valence electrons. The molecule has 0 aliphatic carbocycles. The van der Waals surface area contributed by atoms with Crippen LogP contribution in [-0.4, -0.2) is 84.3 Å². The first-order valence-corrected chi connectivity index (χ1v) is 15.5. The molecule has 2 fully saturated rings. The van der Waals surface area contributed by atoms with Gasteiger partial charge in [0, 0.05) is 51.4 Å². The van der Waals surface area contributed by atoms with Crippen molar-refractivity contribution < 1.29 is 45.8 Å². The highest BCUT2D eigenvalue weighted by Gasteiger charge is 2.40. The van der Waals surface area contributed by atoms with E-state index in [-0.39, 0.29) is 56.5 Å². The molecule has 2 aliphatic rings. The smallest absolute Gasteiger partial charge is 0.451 e. The van der Waals surface area contributed by atoms with Crippen LogP contribution in [-0.2, 0) is 28.4 Å². The third-order valence-electron chi connectivity index (χ3n) is 8.28. The third-order valence-corrected chi connectivity index (χ3v) is 8.28. The van der Waals surface area contributed by atoms with E-state index >= 15 is 0 Å². The molecule has 2 aliphatic heterocycles. The highest BCUT2D eigenvalue weighted by atomic mass is 19.4. The molecule has 3 amide bonds. The molecule has 0 bridgehead atoms. The summed E-state index contributed by atoms with van der Waals surface area (Å²) in [5.74, 6) is -2.71. The molecule has 0 spiro atoms. The second-order valence-corrected chi connectivity index (χ2v) is 11.9. The topological polar surface area (TPSA) is 166 Å². The summed E-state index contributed by atoms with van der Waals surface area (Å²) < 4.78 is 80.3. The fraction of sp³-hybridized carbons (Fsp3) is 0.567. The zero-order valence-electron chi connectivity index (χ0n) is 25.9. The van der Waals surface area contributed by atoms with Gasteiger partial charge in [0.25, 0.3) is 0 Å². The number of aliphatic carboxylic acids is 1. The molecule has 1 aromatic heterocycles. The number of amides is 3. The molecule has 12 nitrogen and oxygen atoms in total. The maximum Gasteiger partial charge on any atom is 0.451 e. The lowest BCUT2D eigenvalue weighted by atomic mass is 9.93. The summed E-state index contributed by atoms with van der Waals surface area (Å²) in [6, 6.07) is 4.04. The van der Waals surface area contributed by atoms with Crippen LogP contribution >= 0.6 is 0 Å². The van der Waals surface area contributed by atoms with E-state index in [1.807, 2.05) is 0 Å². The van der Waals surface area contributed by atoms with Gasteiger partial charge in [-0.1, -0.05) is 12.1 Å². The lowest BCUT2D eigenvalue weighted by Gasteiger charge is -2.34. The van der Waals surface area contributed by atoms with Crippen molar-refractivity contribution in [2.75, 3.05) is 49.1 Å². The van der Waals surface area contributed by atoms with Gasteiger partial charge in [-0.15, -0.1) is 0 Å². The number of halogens is 6. The normalized spacial score (nSPS) is 18.9. The Morgan fingerprint density at radius 3 is 2.17 bits per heavy atom. The van der Waals surface area contributed by atoms with Crippen LogP contribution in [0, 0.1) is 5.92 Å². The Kier molecular flexibility index (Phi) is 11.9. The first-order chi connectivity index (χ1) is 22.6. The van der Waals surface area contributed by atoms with Crippen LogP contribution < -0.4 is 31.5 Å². The summed E-state index contributed by atoms with van der Waals surface area (Å²) in [5.41, 5.74) is 5.91. The minimum Gasteiger partial charge on any atom is -0.481 e. The summed E-state index contributed by atoms with van der Waals surface area (Å²) in [4.78, 5) is 46.2. The van der Waals surface area contributed by atoms with Gasteiger partial charge in [0.2, 0.25) is 11.7 Å². The predicted octanol–water partition coefficient (Wildman–Crippen LogP) is 3.16. The fourth-order valence-electron chi connectivity index (χ4n) is 5.72. The lowest BCUT2D eigenvalue weighted by molar-refractivity contribution is -0.145. The minimum absolute atomic E-state index is 0.00105. The number of aromatic nitrogens is 2. The van der Waals surface area contributed by atoms with Crippen molar-refractivity contribution in [1.29, 1.82) is 0 Å². The Morgan fingerprint density at radius 1 is 0.896 bits per heavy atom. The number of nitrogens with zero attached hydrogens (tertiary/aromatic N) is 4. The number of carbonyl (C=O) groups excluding carboxylic acids is 2. The van der Waals surface area contributed by atoms with Crippen molar-refractivity contribution in [3.8, 4) is 0 Å². The first-order valence-electron chi connectivity index (χ1n) is 15.5. The molecule has 0 radical (unpaired) electrons. The van der Waals surface area contributed by atoms with E-state index in [0.717, 1.165) is 12.1 Å². The van der Waals surface area contributed by atoms with Crippen LogP contribution in [0.15, 0.2) is 30.3 Å². The number of rotatable bonds is 12. The van der Waals surface area contributed by atoms with Crippen molar-refractivity contribution in [1.82, 2.24) is 25.9 Å². The highest BCUT2D eigenvalue weighted by molar-refractivity contribution is 5.86. The third kappa shape index (κ3) is 10.3. The van der Waals surface area contributed by atoms with Crippen molar-refractivity contribution >= 4 is 29.5 Å². The van der Waals surface area contributed by atoms with Gasteiger partial charge in [-0.2, -0.15) is 26.3 Å². The van der Waals surface area contributed by atoms with Crippen LogP contribution in [0.1, 0.15) is 49.1 Å². The minimum atomic E-state index is -4.86. The average molecular weight is 689 g/mol. The van der Waals surface area contributed by atoms with Crippen LogP contribution in [0.5, 0.6) is 0 Å². The number of nitrogens with two attached hydrogens (primary N) is 1. The zero-order chi connectivity index (χ0) is 35.1. The van der Waals surface area contributed by atoms with E-state index in [1.165, 1.54) is 23.1 Å². The Bertz CT molecular complexity index is 1420. The molecule has 2 atom stereocenters. The van der Waals surface area contributed by atoms with Crippen molar-refractivity contribution in [3.05, 3.63) is 47.3 Å². The largest absolute Gasteiger partial charge is 0.481 e. The molecule has 2 saturated heterocycles. The van der Waals surface area contributed by atoms with Gasteiger partial charge in [0.05, 0.1) is 12.0 Å². The lowest BCUT2D eigenvalue weighted by Crippen LogP contribution is -2.44. The molecule has 2 aromatic rings. The molecule has 0 saturated carbocycles. The van der Waals surface area contributed by atoms with Gasteiger partial charge in [0.15, 0.2) is 0 Å². The second kappa shape index (κ2) is 15.7. The molecule has 0 unspecified atom stereocenters. The van der Waals surface area contributed by atoms with Gasteiger partial charge in [-0.05, 0) is 55.7 Å². The van der Waals surface area contributed by atoms with Gasteiger partial charge >= 0.3 is 24.4 Å². The van der Waals surface area contributed by atoms with Crippen molar-refractivity contribution in [2.45, 2.75) is 63.0 Å². The highest BCUT2D eigenvalue weighted by Crippen LogP contribution is 2.34. The van der Waals surface area contributed by atoms with Crippen molar-refractivity contribution in [2.24, 2.45) is 11.7 Å². The number of nitrogens with one attached hydrogen (secondary N) is 3.